The van der Waals surface area contributed by atoms with Crippen molar-refractivity contribution in [3.8, 4) is 11.3 Å². The fourth-order valence-electron chi connectivity index (χ4n) is 3.01. The van der Waals surface area contributed by atoms with E-state index in [9.17, 15) is 0 Å². The first-order chi connectivity index (χ1) is 11.7. The minimum atomic E-state index is 0.260. The SMILES string of the molecule is CC(C)n1ncc2nc(-c3cncnc3)cc(NC3CCOC3)c21. The first kappa shape index (κ1) is 15.0. The fourth-order valence-corrected chi connectivity index (χ4v) is 3.01. The number of ether oxygens (including phenoxy) is 1. The van der Waals surface area contributed by atoms with Crippen molar-refractivity contribution in [3.63, 3.8) is 0 Å². The summed E-state index contributed by atoms with van der Waals surface area (Å²) < 4.78 is 7.50. The highest BCUT2D eigenvalue weighted by molar-refractivity contribution is 5.91. The van der Waals surface area contributed by atoms with Gasteiger partial charge in [0.2, 0.25) is 0 Å². The zero-order valence-electron chi connectivity index (χ0n) is 13.8. The Bertz CT molecular complexity index is 839. The van der Waals surface area contributed by atoms with E-state index in [4.69, 9.17) is 9.72 Å². The van der Waals surface area contributed by atoms with E-state index in [1.807, 2.05) is 10.9 Å². The smallest absolute Gasteiger partial charge is 0.115 e. The van der Waals surface area contributed by atoms with Crippen molar-refractivity contribution in [3.05, 3.63) is 31.0 Å². The van der Waals surface area contributed by atoms with Crippen LogP contribution >= 0.6 is 0 Å². The lowest BCUT2D eigenvalue weighted by atomic mass is 10.1. The molecule has 0 aliphatic carbocycles. The van der Waals surface area contributed by atoms with Gasteiger partial charge in [0.25, 0.3) is 0 Å². The summed E-state index contributed by atoms with van der Waals surface area (Å²) >= 11 is 0. The second kappa shape index (κ2) is 6.16. The minimum Gasteiger partial charge on any atom is -0.379 e. The third-order valence-electron chi connectivity index (χ3n) is 4.19. The van der Waals surface area contributed by atoms with Crippen LogP contribution in [0.1, 0.15) is 26.3 Å². The van der Waals surface area contributed by atoms with Crippen LogP contribution in [-0.2, 0) is 4.74 Å². The lowest BCUT2D eigenvalue weighted by Gasteiger charge is -2.17. The highest BCUT2D eigenvalue weighted by Crippen LogP contribution is 2.30. The molecule has 0 spiro atoms. The molecule has 24 heavy (non-hydrogen) atoms. The van der Waals surface area contributed by atoms with Crippen LogP contribution in [0.15, 0.2) is 31.0 Å². The molecule has 124 valence electrons. The maximum Gasteiger partial charge on any atom is 0.115 e. The van der Waals surface area contributed by atoms with Crippen molar-refractivity contribution < 1.29 is 4.74 Å². The van der Waals surface area contributed by atoms with Crippen LogP contribution < -0.4 is 5.32 Å². The molecule has 1 fully saturated rings. The molecule has 0 amide bonds. The topological polar surface area (TPSA) is 77.8 Å². The monoisotopic (exact) mass is 324 g/mol. The number of anilines is 1. The average molecular weight is 324 g/mol. The Kier molecular flexibility index (Phi) is 3.86. The molecule has 1 saturated heterocycles. The van der Waals surface area contributed by atoms with Crippen molar-refractivity contribution in [1.82, 2.24) is 24.7 Å². The Morgan fingerprint density at radius 1 is 1.25 bits per heavy atom. The summed E-state index contributed by atoms with van der Waals surface area (Å²) in [5.74, 6) is 0. The normalized spacial score (nSPS) is 17.7. The summed E-state index contributed by atoms with van der Waals surface area (Å²) in [5, 5.41) is 8.13. The van der Waals surface area contributed by atoms with E-state index < -0.39 is 0 Å². The van der Waals surface area contributed by atoms with E-state index >= 15 is 0 Å². The predicted molar refractivity (Wildman–Crippen MR) is 91.8 cm³/mol. The number of aromatic nitrogens is 5. The first-order valence-corrected chi connectivity index (χ1v) is 8.20. The van der Waals surface area contributed by atoms with Gasteiger partial charge in [-0.3, -0.25) is 4.68 Å². The summed E-state index contributed by atoms with van der Waals surface area (Å²) in [7, 11) is 0. The van der Waals surface area contributed by atoms with Crippen molar-refractivity contribution in [1.29, 1.82) is 0 Å². The molecule has 0 aromatic carbocycles. The molecule has 1 aliphatic rings. The van der Waals surface area contributed by atoms with Gasteiger partial charge in [-0.2, -0.15) is 5.10 Å². The molecule has 1 aliphatic heterocycles. The highest BCUT2D eigenvalue weighted by atomic mass is 16.5. The van der Waals surface area contributed by atoms with E-state index in [0.29, 0.717) is 6.04 Å². The van der Waals surface area contributed by atoms with Gasteiger partial charge in [-0.05, 0) is 26.3 Å². The lowest BCUT2D eigenvalue weighted by molar-refractivity contribution is 0.195. The van der Waals surface area contributed by atoms with Gasteiger partial charge in [0, 0.05) is 30.6 Å². The first-order valence-electron chi connectivity index (χ1n) is 8.20. The molecule has 0 radical (unpaired) electrons. The zero-order valence-corrected chi connectivity index (χ0v) is 13.8. The molecular weight excluding hydrogens is 304 g/mol. The Hall–Kier alpha value is -2.54. The quantitative estimate of drug-likeness (QED) is 0.795. The highest BCUT2D eigenvalue weighted by Gasteiger charge is 2.20. The standard InChI is InChI=1S/C17H20N6O/c1-11(2)23-17-15(21-13-3-4-24-9-13)5-14(22-16(17)8-20-23)12-6-18-10-19-7-12/h5-8,10-11,13H,3-4,9H2,1-2H3,(H,21,22). The van der Waals surface area contributed by atoms with Crippen LogP contribution in [0.25, 0.3) is 22.3 Å². The number of fused-ring (bicyclic) bond motifs is 1. The number of hydrogen-bond acceptors (Lipinski definition) is 6. The van der Waals surface area contributed by atoms with Crippen LogP contribution in [0.4, 0.5) is 5.69 Å². The molecular formula is C17H20N6O. The van der Waals surface area contributed by atoms with Crippen LogP contribution in [0.3, 0.4) is 0 Å². The van der Waals surface area contributed by atoms with Crippen LogP contribution in [-0.4, -0.2) is 44.0 Å². The lowest BCUT2D eigenvalue weighted by Crippen LogP contribution is -2.20. The second-order valence-electron chi connectivity index (χ2n) is 6.30. The molecule has 1 unspecified atom stereocenters. The Morgan fingerprint density at radius 2 is 2.08 bits per heavy atom. The molecule has 1 atom stereocenters. The van der Waals surface area contributed by atoms with Crippen molar-refractivity contribution in [2.75, 3.05) is 18.5 Å². The predicted octanol–water partition coefficient (Wildman–Crippen LogP) is 2.67. The summed E-state index contributed by atoms with van der Waals surface area (Å²) in [6.45, 7) is 5.76. The third kappa shape index (κ3) is 2.71. The van der Waals surface area contributed by atoms with Gasteiger partial charge in [-0.1, -0.05) is 0 Å². The number of hydrogen-bond donors (Lipinski definition) is 1. The summed E-state index contributed by atoms with van der Waals surface area (Å²) in [6, 6.07) is 2.63. The van der Waals surface area contributed by atoms with Crippen LogP contribution in [0, 0.1) is 0 Å². The fraction of sp³-hybridized carbons (Fsp3) is 0.412. The Labute approximate surface area is 140 Å². The Balaban J connectivity index is 1.85. The second-order valence-corrected chi connectivity index (χ2v) is 6.30. The van der Waals surface area contributed by atoms with Gasteiger partial charge >= 0.3 is 0 Å². The van der Waals surface area contributed by atoms with Gasteiger partial charge in [0.1, 0.15) is 17.4 Å². The van der Waals surface area contributed by atoms with Gasteiger partial charge < -0.3 is 10.1 Å². The van der Waals surface area contributed by atoms with Crippen LogP contribution in [0.5, 0.6) is 0 Å². The average Bonchev–Trinajstić information content (AvgIpc) is 3.25. The Morgan fingerprint density at radius 3 is 2.79 bits per heavy atom. The zero-order chi connectivity index (χ0) is 16.5. The molecule has 0 saturated carbocycles. The van der Waals surface area contributed by atoms with Gasteiger partial charge in [0.15, 0.2) is 0 Å². The van der Waals surface area contributed by atoms with Crippen molar-refractivity contribution >= 4 is 16.7 Å². The molecule has 0 bridgehead atoms. The number of nitrogens with one attached hydrogen (secondary N) is 1. The number of nitrogens with zero attached hydrogens (tertiary/aromatic N) is 5. The maximum atomic E-state index is 5.49. The summed E-state index contributed by atoms with van der Waals surface area (Å²) in [6.07, 6.45) is 7.89. The van der Waals surface area contributed by atoms with Crippen molar-refractivity contribution in [2.24, 2.45) is 0 Å². The van der Waals surface area contributed by atoms with Crippen LogP contribution in [0.2, 0.25) is 0 Å². The molecule has 7 nitrogen and oxygen atoms in total. The number of pyridine rings is 1. The van der Waals surface area contributed by atoms with Gasteiger partial charge in [-0.25, -0.2) is 15.0 Å². The van der Waals surface area contributed by atoms with E-state index in [2.05, 4.69) is 40.3 Å². The molecule has 1 N–H and O–H groups in total. The molecule has 7 heteroatoms. The van der Waals surface area contributed by atoms with Gasteiger partial charge in [-0.15, -0.1) is 0 Å². The largest absolute Gasteiger partial charge is 0.379 e. The summed E-state index contributed by atoms with van der Waals surface area (Å²) in [5.41, 5.74) is 4.65. The molecule has 4 rings (SSSR count). The maximum absolute atomic E-state index is 5.49. The molecule has 3 aromatic heterocycles. The molecule has 4 heterocycles. The van der Waals surface area contributed by atoms with Crippen molar-refractivity contribution in [2.45, 2.75) is 32.4 Å². The summed E-state index contributed by atoms with van der Waals surface area (Å²) in [4.78, 5) is 12.9. The van der Waals surface area contributed by atoms with E-state index in [1.165, 1.54) is 6.33 Å². The third-order valence-corrected chi connectivity index (χ3v) is 4.19. The number of rotatable bonds is 4. The van der Waals surface area contributed by atoms with E-state index in [0.717, 1.165) is 47.6 Å². The van der Waals surface area contributed by atoms with E-state index in [1.54, 1.807) is 12.4 Å². The van der Waals surface area contributed by atoms with E-state index in [-0.39, 0.29) is 6.04 Å². The minimum absolute atomic E-state index is 0.260. The molecule has 3 aromatic rings. The van der Waals surface area contributed by atoms with Gasteiger partial charge in [0.05, 0.1) is 30.2 Å².